The predicted molar refractivity (Wildman–Crippen MR) is 75.1 cm³/mol. The lowest BCUT2D eigenvalue weighted by Crippen LogP contribution is -2.45. The maximum atomic E-state index is 11.8. The number of nitrogens with zero attached hydrogens (tertiary/aromatic N) is 1. The molecule has 2 rings (SSSR count). The zero-order chi connectivity index (χ0) is 15.8. The third kappa shape index (κ3) is 2.73. The molecular formula is C12H12Cl2N2O5. The van der Waals surface area contributed by atoms with Gasteiger partial charge in [0.25, 0.3) is 5.56 Å². The summed E-state index contributed by atoms with van der Waals surface area (Å²) in [6, 6.07) is 1.10. The molecule has 2 heterocycles. The number of rotatable bonds is 2. The van der Waals surface area contributed by atoms with Gasteiger partial charge in [-0.15, -0.1) is 0 Å². The molecule has 0 saturated carbocycles. The molecule has 7 nitrogen and oxygen atoms in total. The first-order chi connectivity index (χ1) is 9.81. The van der Waals surface area contributed by atoms with E-state index < -0.39 is 40.7 Å². The molecule has 3 N–H and O–H groups in total. The van der Waals surface area contributed by atoms with Crippen molar-refractivity contribution in [3.05, 3.63) is 33.1 Å². The van der Waals surface area contributed by atoms with Gasteiger partial charge in [-0.05, 0) is 18.5 Å². The largest absolute Gasteiger partial charge is 0.391 e. The van der Waals surface area contributed by atoms with Crippen LogP contribution in [0.3, 0.4) is 0 Å². The summed E-state index contributed by atoms with van der Waals surface area (Å²) in [4.78, 5) is 23.2. The highest BCUT2D eigenvalue weighted by Gasteiger charge is 2.57. The number of alkyl halides is 1. The quantitative estimate of drug-likeness (QED) is 0.492. The van der Waals surface area contributed by atoms with E-state index in [1.807, 2.05) is 4.98 Å². The summed E-state index contributed by atoms with van der Waals surface area (Å²) in [5.41, 5.74) is -1.38. The van der Waals surface area contributed by atoms with Crippen LogP contribution in [0.15, 0.2) is 21.9 Å². The molecule has 1 saturated heterocycles. The Morgan fingerprint density at radius 2 is 2.24 bits per heavy atom. The molecule has 114 valence electrons. The molecule has 1 fully saturated rings. The lowest BCUT2D eigenvalue weighted by molar-refractivity contribution is -0.0773. The third-order valence-electron chi connectivity index (χ3n) is 3.21. The van der Waals surface area contributed by atoms with E-state index in [1.165, 1.54) is 6.92 Å². The Morgan fingerprint density at radius 3 is 2.76 bits per heavy atom. The van der Waals surface area contributed by atoms with Crippen molar-refractivity contribution in [3.63, 3.8) is 0 Å². The topological polar surface area (TPSA) is 105 Å². The first-order valence-corrected chi connectivity index (χ1v) is 6.71. The summed E-state index contributed by atoms with van der Waals surface area (Å²) in [6.45, 7) is 1.40. The molecule has 0 bridgehead atoms. The van der Waals surface area contributed by atoms with Crippen molar-refractivity contribution in [1.29, 1.82) is 0 Å². The van der Waals surface area contributed by atoms with Crippen LogP contribution in [0.1, 0.15) is 13.2 Å². The minimum absolute atomic E-state index is 0.592. The molecule has 9 heteroatoms. The van der Waals surface area contributed by atoms with Gasteiger partial charge in [-0.3, -0.25) is 14.3 Å². The fourth-order valence-electron chi connectivity index (χ4n) is 2.17. The van der Waals surface area contributed by atoms with Gasteiger partial charge in [0, 0.05) is 17.6 Å². The van der Waals surface area contributed by atoms with Gasteiger partial charge < -0.3 is 14.9 Å². The van der Waals surface area contributed by atoms with Crippen molar-refractivity contribution in [3.8, 4) is 11.3 Å². The van der Waals surface area contributed by atoms with Crippen LogP contribution in [0, 0.1) is 11.3 Å². The van der Waals surface area contributed by atoms with E-state index >= 15 is 0 Å². The molecule has 0 aromatic carbocycles. The summed E-state index contributed by atoms with van der Waals surface area (Å²) in [7, 11) is 0. The average molecular weight is 335 g/mol. The van der Waals surface area contributed by atoms with Crippen molar-refractivity contribution in [1.82, 2.24) is 9.55 Å². The Hall–Kier alpha value is -1.30. The molecule has 1 aliphatic rings. The van der Waals surface area contributed by atoms with Crippen LogP contribution in [0.2, 0.25) is 0 Å². The molecule has 0 radical (unpaired) electrons. The molecule has 0 aliphatic carbocycles. The fraction of sp³-hybridized carbons (Fsp3) is 0.500. The van der Waals surface area contributed by atoms with Gasteiger partial charge in [0.1, 0.15) is 12.2 Å². The first-order valence-electron chi connectivity index (χ1n) is 5.96. The fourth-order valence-corrected chi connectivity index (χ4v) is 2.71. The van der Waals surface area contributed by atoms with Crippen LogP contribution < -0.4 is 11.2 Å². The Morgan fingerprint density at radius 1 is 1.57 bits per heavy atom. The van der Waals surface area contributed by atoms with Crippen LogP contribution in [-0.2, 0) is 4.74 Å². The Bertz CT molecular complexity index is 704. The van der Waals surface area contributed by atoms with Gasteiger partial charge in [0.15, 0.2) is 11.1 Å². The zero-order valence-corrected chi connectivity index (χ0v) is 12.3. The number of aromatic nitrogens is 2. The maximum Gasteiger partial charge on any atom is 0.330 e. The van der Waals surface area contributed by atoms with Gasteiger partial charge >= 0.3 is 5.69 Å². The predicted octanol–water partition coefficient (Wildman–Crippen LogP) is -0.647. The van der Waals surface area contributed by atoms with Gasteiger partial charge in [-0.1, -0.05) is 17.5 Å². The van der Waals surface area contributed by atoms with Crippen LogP contribution in [0.4, 0.5) is 0 Å². The zero-order valence-electron chi connectivity index (χ0n) is 10.8. The molecule has 0 amide bonds. The smallest absolute Gasteiger partial charge is 0.330 e. The SMILES string of the molecule is C[C@H](O)[C@H]1O[C@@H](n2ccc(=O)[nH]c2=O)C(Cl)(C#CCl)C1O. The van der Waals surface area contributed by atoms with E-state index in [-0.39, 0.29) is 0 Å². The van der Waals surface area contributed by atoms with Gasteiger partial charge in [-0.25, -0.2) is 4.79 Å². The number of halogens is 2. The summed E-state index contributed by atoms with van der Waals surface area (Å²) in [6.07, 6.45) is -3.59. The highest BCUT2D eigenvalue weighted by molar-refractivity contribution is 6.32. The van der Waals surface area contributed by atoms with E-state index in [4.69, 9.17) is 27.9 Å². The highest BCUT2D eigenvalue weighted by atomic mass is 35.5. The second-order valence-corrected chi connectivity index (χ2v) is 5.46. The molecule has 5 atom stereocenters. The molecule has 21 heavy (non-hydrogen) atoms. The molecule has 2 unspecified atom stereocenters. The van der Waals surface area contributed by atoms with Gasteiger partial charge in [0.05, 0.1) is 6.10 Å². The van der Waals surface area contributed by atoms with Gasteiger partial charge in [0.2, 0.25) is 0 Å². The number of H-pyrrole nitrogens is 1. The average Bonchev–Trinajstić information content (AvgIpc) is 2.64. The van der Waals surface area contributed by atoms with Crippen molar-refractivity contribution in [2.24, 2.45) is 0 Å². The maximum absolute atomic E-state index is 11.8. The van der Waals surface area contributed by atoms with Crippen molar-refractivity contribution >= 4 is 23.2 Å². The van der Waals surface area contributed by atoms with Crippen molar-refractivity contribution in [2.75, 3.05) is 0 Å². The summed E-state index contributed by atoms with van der Waals surface area (Å²) in [5.74, 6) is 2.39. The van der Waals surface area contributed by atoms with E-state index in [0.717, 1.165) is 16.8 Å². The number of nitrogens with one attached hydrogen (secondary N) is 1. The number of hydrogen-bond donors (Lipinski definition) is 3. The Labute approximate surface area is 129 Å². The lowest BCUT2D eigenvalue weighted by Gasteiger charge is -2.25. The minimum Gasteiger partial charge on any atom is -0.391 e. The van der Waals surface area contributed by atoms with E-state index in [2.05, 4.69) is 11.3 Å². The van der Waals surface area contributed by atoms with E-state index in [1.54, 1.807) is 0 Å². The minimum atomic E-state index is -1.74. The standard InChI is InChI=1S/C12H12Cl2N2O5/c1-6(17)8-9(19)12(14,3-4-13)10(21-8)16-5-2-7(18)15-11(16)20/h2,5-6,8-10,17,19H,1H3,(H,15,18,20)/t6-,8+,9?,10+,12?/m0/s1. The molecule has 1 aliphatic heterocycles. The van der Waals surface area contributed by atoms with Crippen LogP contribution >= 0.6 is 23.2 Å². The summed E-state index contributed by atoms with van der Waals surface area (Å²) < 4.78 is 6.43. The Kier molecular flexibility index (Phi) is 4.46. The molecule has 0 spiro atoms. The summed E-state index contributed by atoms with van der Waals surface area (Å²) in [5, 5.41) is 21.9. The first kappa shape index (κ1) is 16.1. The third-order valence-corrected chi connectivity index (χ3v) is 3.80. The number of aromatic amines is 1. The monoisotopic (exact) mass is 334 g/mol. The molecule has 1 aromatic heterocycles. The van der Waals surface area contributed by atoms with Crippen molar-refractivity contribution < 1.29 is 14.9 Å². The van der Waals surface area contributed by atoms with Crippen molar-refractivity contribution in [2.45, 2.75) is 36.3 Å². The van der Waals surface area contributed by atoms with Crippen LogP contribution in [0.5, 0.6) is 0 Å². The normalized spacial score (nSPS) is 33.3. The van der Waals surface area contributed by atoms with Gasteiger partial charge in [-0.2, -0.15) is 0 Å². The summed E-state index contributed by atoms with van der Waals surface area (Å²) >= 11 is 11.6. The second-order valence-electron chi connectivity index (χ2n) is 4.64. The second kappa shape index (κ2) is 5.83. The number of hydrogen-bond acceptors (Lipinski definition) is 5. The number of aliphatic hydroxyl groups is 2. The van der Waals surface area contributed by atoms with Crippen LogP contribution in [0.25, 0.3) is 0 Å². The number of ether oxygens (including phenoxy) is 1. The molecule has 1 aromatic rings. The van der Waals surface area contributed by atoms with E-state index in [9.17, 15) is 19.8 Å². The number of aliphatic hydroxyl groups excluding tert-OH is 2. The lowest BCUT2D eigenvalue weighted by atomic mass is 9.97. The van der Waals surface area contributed by atoms with Crippen LogP contribution in [-0.4, -0.2) is 43.0 Å². The highest BCUT2D eigenvalue weighted by Crippen LogP contribution is 2.43. The molecular weight excluding hydrogens is 323 g/mol. The van der Waals surface area contributed by atoms with E-state index in [0.29, 0.717) is 0 Å². The Balaban J connectivity index is 2.56.